The molecule has 4 aliphatic carbocycles. The van der Waals surface area contributed by atoms with Crippen molar-refractivity contribution in [2.45, 2.75) is 64.6 Å². The van der Waals surface area contributed by atoms with E-state index in [1.807, 2.05) is 13.8 Å². The number of allylic oxidation sites excluding steroid dienone is 4. The van der Waals surface area contributed by atoms with Crippen LogP contribution in [0.4, 0.5) is 4.39 Å². The maximum Gasteiger partial charge on any atom is 0.307 e. The first-order valence-electron chi connectivity index (χ1n) is 12.1. The van der Waals surface area contributed by atoms with Crippen LogP contribution in [0.25, 0.3) is 0 Å². The van der Waals surface area contributed by atoms with Crippen molar-refractivity contribution in [3.05, 3.63) is 23.8 Å². The fourth-order valence-electron chi connectivity index (χ4n) is 7.79. The number of hydrogen-bond acceptors (Lipinski definition) is 7. The second kappa shape index (κ2) is 8.59. The number of ether oxygens (including phenoxy) is 1. The molecular formula is C25H33FO8S. The van der Waals surface area contributed by atoms with E-state index in [1.165, 1.54) is 12.2 Å². The van der Waals surface area contributed by atoms with Gasteiger partial charge in [0.1, 0.15) is 6.61 Å². The molecule has 2 N–H and O–H groups in total. The predicted octanol–water partition coefficient (Wildman–Crippen LogP) is 2.61. The van der Waals surface area contributed by atoms with Gasteiger partial charge in [-0.1, -0.05) is 25.5 Å². The van der Waals surface area contributed by atoms with E-state index in [0.29, 0.717) is 24.8 Å². The van der Waals surface area contributed by atoms with E-state index < -0.39 is 69.3 Å². The molecule has 0 radical (unpaired) electrons. The number of esters is 1. The van der Waals surface area contributed by atoms with Crippen LogP contribution in [-0.2, 0) is 29.2 Å². The number of hydrogen-bond donors (Lipinski definition) is 2. The Bertz CT molecular complexity index is 1110. The third-order valence-corrected chi connectivity index (χ3v) is 9.99. The average molecular weight is 513 g/mol. The number of ketones is 2. The highest BCUT2D eigenvalue weighted by Crippen LogP contribution is 2.69. The Labute approximate surface area is 204 Å². The fraction of sp³-hybridized carbons (Fsp3) is 0.720. The van der Waals surface area contributed by atoms with Gasteiger partial charge in [0.15, 0.2) is 17.2 Å². The van der Waals surface area contributed by atoms with E-state index in [-0.39, 0.29) is 29.8 Å². The van der Waals surface area contributed by atoms with Gasteiger partial charge in [0.05, 0.1) is 18.3 Å². The van der Waals surface area contributed by atoms with Crippen molar-refractivity contribution in [2.75, 3.05) is 12.4 Å². The maximum absolute atomic E-state index is 17.1. The summed E-state index contributed by atoms with van der Waals surface area (Å²) in [5.41, 5.74) is -3.08. The van der Waals surface area contributed by atoms with Crippen LogP contribution < -0.4 is 0 Å². The van der Waals surface area contributed by atoms with Crippen molar-refractivity contribution < 1.29 is 41.6 Å². The third-order valence-electron chi connectivity index (χ3n) is 9.27. The van der Waals surface area contributed by atoms with Crippen LogP contribution in [0.1, 0.15) is 52.9 Å². The maximum atomic E-state index is 17.1. The molecule has 35 heavy (non-hydrogen) atoms. The standard InChI is InChI=1S/C25H33FO8S/c1-14-10-18-17-5-4-15-11-16(27)6-8-24(15,3)25(17,26)20(29)12-23(18,2)22(14)19(28)13-34-21(30)7-9-35(31,32)33/h6,8,11,14,17-18,20,22,29H,4-5,7,9-10,12-13H2,1-3H3,(H,31,32,33)/t14?,17-,18-,20?,22+,23-,24-,25-/m0/s1. The van der Waals surface area contributed by atoms with Crippen LogP contribution in [-0.4, -0.2) is 59.7 Å². The van der Waals surface area contributed by atoms with Crippen LogP contribution in [0.2, 0.25) is 0 Å². The first-order chi connectivity index (χ1) is 16.1. The first-order valence-corrected chi connectivity index (χ1v) is 13.7. The van der Waals surface area contributed by atoms with Crippen molar-refractivity contribution in [1.82, 2.24) is 0 Å². The van der Waals surface area contributed by atoms with E-state index in [0.717, 1.165) is 0 Å². The molecule has 0 saturated heterocycles. The number of aliphatic hydroxyl groups excluding tert-OH is 1. The molecule has 0 aromatic carbocycles. The second-order valence-electron chi connectivity index (χ2n) is 11.2. The molecule has 0 amide bonds. The molecule has 10 heteroatoms. The summed E-state index contributed by atoms with van der Waals surface area (Å²) in [5, 5.41) is 11.3. The number of carbonyl (C=O) groups excluding carboxylic acids is 3. The lowest BCUT2D eigenvalue weighted by Crippen LogP contribution is -2.66. The van der Waals surface area contributed by atoms with Gasteiger partial charge in [-0.25, -0.2) is 4.39 Å². The lowest BCUT2D eigenvalue weighted by molar-refractivity contribution is -0.196. The molecule has 3 saturated carbocycles. The molecule has 4 rings (SSSR count). The Morgan fingerprint density at radius 2 is 1.94 bits per heavy atom. The summed E-state index contributed by atoms with van der Waals surface area (Å²) >= 11 is 0. The van der Waals surface area contributed by atoms with Crippen molar-refractivity contribution in [3.8, 4) is 0 Å². The van der Waals surface area contributed by atoms with Crippen molar-refractivity contribution >= 4 is 27.7 Å². The quantitative estimate of drug-likeness (QED) is 0.410. The molecular weight excluding hydrogens is 479 g/mol. The van der Waals surface area contributed by atoms with Gasteiger partial charge in [0.25, 0.3) is 10.1 Å². The lowest BCUT2D eigenvalue weighted by atomic mass is 9.45. The number of halogens is 1. The van der Waals surface area contributed by atoms with Gasteiger partial charge in [0.2, 0.25) is 0 Å². The molecule has 3 fully saturated rings. The predicted molar refractivity (Wildman–Crippen MR) is 123 cm³/mol. The summed E-state index contributed by atoms with van der Waals surface area (Å²) < 4.78 is 52.5. The van der Waals surface area contributed by atoms with E-state index >= 15 is 4.39 Å². The fourth-order valence-corrected chi connectivity index (χ4v) is 8.21. The van der Waals surface area contributed by atoms with Crippen molar-refractivity contribution in [3.63, 3.8) is 0 Å². The highest BCUT2D eigenvalue weighted by Gasteiger charge is 2.71. The second-order valence-corrected chi connectivity index (χ2v) is 12.8. The molecule has 0 spiro atoms. The zero-order valence-electron chi connectivity index (χ0n) is 20.2. The summed E-state index contributed by atoms with van der Waals surface area (Å²) in [6.45, 7) is 5.01. The summed E-state index contributed by atoms with van der Waals surface area (Å²) in [6.07, 6.45) is 4.19. The Balaban J connectivity index is 1.55. The van der Waals surface area contributed by atoms with Crippen molar-refractivity contribution in [2.24, 2.45) is 34.5 Å². The number of alkyl halides is 1. The highest BCUT2D eigenvalue weighted by atomic mass is 32.2. The average Bonchev–Trinajstić information content (AvgIpc) is 3.01. The van der Waals surface area contributed by atoms with Crippen LogP contribution in [0, 0.1) is 34.5 Å². The van der Waals surface area contributed by atoms with Crippen LogP contribution >= 0.6 is 0 Å². The minimum absolute atomic E-state index is 0.0623. The van der Waals surface area contributed by atoms with Gasteiger partial charge in [-0.15, -0.1) is 0 Å². The number of Topliss-reactive ketones (excluding diaryl/α,β-unsaturated/α-hetero) is 1. The first kappa shape index (κ1) is 26.2. The normalized spacial score (nSPS) is 42.5. The number of fused-ring (bicyclic) bond motifs is 5. The van der Waals surface area contributed by atoms with Gasteiger partial charge in [-0.2, -0.15) is 8.42 Å². The molecule has 2 unspecified atom stereocenters. The molecule has 0 aromatic heterocycles. The highest BCUT2D eigenvalue weighted by molar-refractivity contribution is 7.85. The van der Waals surface area contributed by atoms with Crippen LogP contribution in [0.15, 0.2) is 23.8 Å². The zero-order valence-corrected chi connectivity index (χ0v) is 21.0. The van der Waals surface area contributed by atoms with Gasteiger partial charge >= 0.3 is 5.97 Å². The molecule has 4 aliphatic rings. The molecule has 194 valence electrons. The molecule has 0 aromatic rings. The van der Waals surface area contributed by atoms with E-state index in [2.05, 4.69) is 0 Å². The van der Waals surface area contributed by atoms with Crippen LogP contribution in [0.5, 0.6) is 0 Å². The molecule has 8 atom stereocenters. The zero-order chi connectivity index (χ0) is 26.0. The number of carbonyl (C=O) groups is 3. The topological polar surface area (TPSA) is 135 Å². The number of aliphatic hydroxyl groups is 1. The summed E-state index contributed by atoms with van der Waals surface area (Å²) in [4.78, 5) is 37.0. The molecule has 0 heterocycles. The van der Waals surface area contributed by atoms with E-state index in [4.69, 9.17) is 9.29 Å². The lowest BCUT2D eigenvalue weighted by Gasteiger charge is -2.61. The summed E-state index contributed by atoms with van der Waals surface area (Å²) in [5.74, 6) is -3.60. The van der Waals surface area contributed by atoms with Gasteiger partial charge in [-0.3, -0.25) is 18.9 Å². The summed E-state index contributed by atoms with van der Waals surface area (Å²) in [7, 11) is -4.32. The SMILES string of the molecule is CC1C[C@H]2[C@@H]3CCC4=CC(=O)C=C[C@]4(C)[C@@]3(F)C(O)C[C@]2(C)[C@H]1C(=O)COC(=O)CCS(=O)(=O)O. The van der Waals surface area contributed by atoms with Crippen molar-refractivity contribution in [1.29, 1.82) is 0 Å². The summed E-state index contributed by atoms with van der Waals surface area (Å²) in [6, 6.07) is 0. The van der Waals surface area contributed by atoms with Crippen LogP contribution in [0.3, 0.4) is 0 Å². The Hall–Kier alpha value is -1.91. The molecule has 0 bridgehead atoms. The Morgan fingerprint density at radius 3 is 2.60 bits per heavy atom. The van der Waals surface area contributed by atoms with Gasteiger partial charge < -0.3 is 9.84 Å². The minimum Gasteiger partial charge on any atom is -0.458 e. The third kappa shape index (κ3) is 4.11. The minimum atomic E-state index is -4.32. The monoisotopic (exact) mass is 512 g/mol. The molecule has 0 aliphatic heterocycles. The number of rotatable bonds is 6. The van der Waals surface area contributed by atoms with Gasteiger partial charge in [-0.05, 0) is 62.0 Å². The smallest absolute Gasteiger partial charge is 0.307 e. The van der Waals surface area contributed by atoms with E-state index in [9.17, 15) is 27.9 Å². The molecule has 8 nitrogen and oxygen atoms in total. The Kier molecular flexibility index (Phi) is 6.42. The van der Waals surface area contributed by atoms with E-state index in [1.54, 1.807) is 13.0 Å². The Morgan fingerprint density at radius 1 is 1.26 bits per heavy atom. The van der Waals surface area contributed by atoms with Gasteiger partial charge in [0, 0.05) is 17.3 Å². The largest absolute Gasteiger partial charge is 0.458 e.